The Labute approximate surface area is 119 Å². The summed E-state index contributed by atoms with van der Waals surface area (Å²) in [6.07, 6.45) is 2.57. The largest absolute Gasteiger partial charge is 0.411 e. The maximum Gasteiger partial charge on any atom is 0.233 e. The van der Waals surface area contributed by atoms with Crippen molar-refractivity contribution in [2.75, 3.05) is 13.1 Å². The molecular weight excluding hydrogens is 252 g/mol. The molecule has 1 aromatic rings. The van der Waals surface area contributed by atoms with Gasteiger partial charge in [-0.15, -0.1) is 0 Å². The molecule has 0 spiro atoms. The molecule has 4 nitrogen and oxygen atoms in total. The second kappa shape index (κ2) is 4.93. The van der Waals surface area contributed by atoms with Gasteiger partial charge in [0.15, 0.2) is 0 Å². The SMILES string of the molecule is CC1CN(C(=O)C2(c3ccccc3)CC2)CC/C1=N\O. The van der Waals surface area contributed by atoms with Gasteiger partial charge in [-0.25, -0.2) is 0 Å². The maximum absolute atomic E-state index is 12.8. The van der Waals surface area contributed by atoms with E-state index in [2.05, 4.69) is 17.3 Å². The molecule has 1 saturated carbocycles. The molecule has 1 heterocycles. The zero-order valence-corrected chi connectivity index (χ0v) is 11.7. The Morgan fingerprint density at radius 2 is 2.05 bits per heavy atom. The zero-order chi connectivity index (χ0) is 14.2. The number of piperidine rings is 1. The van der Waals surface area contributed by atoms with E-state index in [1.54, 1.807) is 0 Å². The fourth-order valence-corrected chi connectivity index (χ4v) is 3.17. The fourth-order valence-electron chi connectivity index (χ4n) is 3.17. The summed E-state index contributed by atoms with van der Waals surface area (Å²) < 4.78 is 0. The molecule has 1 saturated heterocycles. The van der Waals surface area contributed by atoms with Crippen molar-refractivity contribution in [1.82, 2.24) is 4.90 Å². The van der Waals surface area contributed by atoms with E-state index in [-0.39, 0.29) is 17.2 Å². The lowest BCUT2D eigenvalue weighted by Crippen LogP contribution is -2.47. The first-order valence-electron chi connectivity index (χ1n) is 7.23. The van der Waals surface area contributed by atoms with Gasteiger partial charge in [0.1, 0.15) is 0 Å². The summed E-state index contributed by atoms with van der Waals surface area (Å²) in [4.78, 5) is 14.8. The predicted octanol–water partition coefficient (Wildman–Crippen LogP) is 2.42. The number of hydrogen-bond donors (Lipinski definition) is 1. The Bertz CT molecular complexity index is 535. The summed E-state index contributed by atoms with van der Waals surface area (Å²) >= 11 is 0. The van der Waals surface area contributed by atoms with Crippen LogP contribution in [-0.2, 0) is 10.2 Å². The number of hydrogen-bond acceptors (Lipinski definition) is 3. The van der Waals surface area contributed by atoms with Gasteiger partial charge in [-0.2, -0.15) is 0 Å². The van der Waals surface area contributed by atoms with Gasteiger partial charge in [0.05, 0.1) is 11.1 Å². The minimum Gasteiger partial charge on any atom is -0.411 e. The molecule has 1 unspecified atom stereocenters. The smallest absolute Gasteiger partial charge is 0.233 e. The highest BCUT2D eigenvalue weighted by Crippen LogP contribution is 2.49. The third-order valence-corrected chi connectivity index (χ3v) is 4.60. The van der Waals surface area contributed by atoms with Gasteiger partial charge in [0.25, 0.3) is 0 Å². The molecule has 1 atom stereocenters. The van der Waals surface area contributed by atoms with Gasteiger partial charge in [0.2, 0.25) is 5.91 Å². The minimum absolute atomic E-state index is 0.143. The topological polar surface area (TPSA) is 52.9 Å². The molecule has 2 fully saturated rings. The van der Waals surface area contributed by atoms with Crippen LogP contribution >= 0.6 is 0 Å². The number of nitrogens with zero attached hydrogens (tertiary/aromatic N) is 2. The number of benzene rings is 1. The highest BCUT2D eigenvalue weighted by molar-refractivity contribution is 5.94. The molecule has 20 heavy (non-hydrogen) atoms. The molecule has 1 aliphatic heterocycles. The van der Waals surface area contributed by atoms with Crippen molar-refractivity contribution in [2.45, 2.75) is 31.6 Å². The van der Waals surface area contributed by atoms with Crippen LogP contribution in [0.15, 0.2) is 35.5 Å². The second-order valence-electron chi connectivity index (χ2n) is 5.94. The Morgan fingerprint density at radius 1 is 1.35 bits per heavy atom. The maximum atomic E-state index is 12.8. The molecular formula is C16H20N2O2. The van der Waals surface area contributed by atoms with Crippen LogP contribution in [0.1, 0.15) is 31.7 Å². The number of carbonyl (C=O) groups is 1. The predicted molar refractivity (Wildman–Crippen MR) is 76.9 cm³/mol. The molecule has 1 N–H and O–H groups in total. The van der Waals surface area contributed by atoms with Crippen molar-refractivity contribution in [3.05, 3.63) is 35.9 Å². The molecule has 1 amide bonds. The monoisotopic (exact) mass is 272 g/mol. The number of amides is 1. The molecule has 1 aromatic carbocycles. The minimum atomic E-state index is -0.283. The van der Waals surface area contributed by atoms with Gasteiger partial charge in [-0.05, 0) is 18.4 Å². The van der Waals surface area contributed by atoms with E-state index in [4.69, 9.17) is 5.21 Å². The Kier molecular flexibility index (Phi) is 3.24. The first-order valence-corrected chi connectivity index (χ1v) is 7.23. The second-order valence-corrected chi connectivity index (χ2v) is 5.94. The first kappa shape index (κ1) is 13.2. The number of oxime groups is 1. The van der Waals surface area contributed by atoms with Crippen LogP contribution in [0.2, 0.25) is 0 Å². The third-order valence-electron chi connectivity index (χ3n) is 4.60. The van der Waals surface area contributed by atoms with Crippen LogP contribution < -0.4 is 0 Å². The Morgan fingerprint density at radius 3 is 2.60 bits per heavy atom. The third kappa shape index (κ3) is 2.09. The summed E-state index contributed by atoms with van der Waals surface area (Å²) in [5.41, 5.74) is 1.66. The van der Waals surface area contributed by atoms with Crippen LogP contribution in [0.25, 0.3) is 0 Å². The van der Waals surface area contributed by atoms with Gasteiger partial charge in [-0.1, -0.05) is 42.4 Å². The van der Waals surface area contributed by atoms with Crippen molar-refractivity contribution in [3.63, 3.8) is 0 Å². The molecule has 0 aromatic heterocycles. The van der Waals surface area contributed by atoms with E-state index in [0.717, 1.165) is 24.1 Å². The van der Waals surface area contributed by atoms with Crippen molar-refractivity contribution < 1.29 is 10.0 Å². The molecule has 0 radical (unpaired) electrons. The van der Waals surface area contributed by atoms with E-state index >= 15 is 0 Å². The Balaban J connectivity index is 1.77. The number of carbonyl (C=O) groups excluding carboxylic acids is 1. The molecule has 4 heteroatoms. The number of rotatable bonds is 2. The number of likely N-dealkylation sites (tertiary alicyclic amines) is 1. The van der Waals surface area contributed by atoms with E-state index in [1.165, 1.54) is 0 Å². The highest BCUT2D eigenvalue weighted by atomic mass is 16.4. The molecule has 0 bridgehead atoms. The van der Waals surface area contributed by atoms with Crippen LogP contribution in [0.3, 0.4) is 0 Å². The molecule has 106 valence electrons. The van der Waals surface area contributed by atoms with Gasteiger partial charge in [-0.3, -0.25) is 4.79 Å². The van der Waals surface area contributed by atoms with Gasteiger partial charge < -0.3 is 10.1 Å². The van der Waals surface area contributed by atoms with E-state index in [1.807, 2.05) is 30.0 Å². The molecule has 1 aliphatic carbocycles. The van der Waals surface area contributed by atoms with E-state index < -0.39 is 0 Å². The lowest BCUT2D eigenvalue weighted by Gasteiger charge is -2.34. The standard InChI is InChI=1S/C16H20N2O2/c1-12-11-18(10-7-14(12)17-20)15(19)16(8-9-16)13-5-3-2-4-6-13/h2-6,12,20H,7-11H2,1H3/b17-14+. The lowest BCUT2D eigenvalue weighted by atomic mass is 9.91. The average molecular weight is 272 g/mol. The zero-order valence-electron chi connectivity index (χ0n) is 11.7. The van der Waals surface area contributed by atoms with Crippen molar-refractivity contribution in [1.29, 1.82) is 0 Å². The Hall–Kier alpha value is -1.84. The van der Waals surface area contributed by atoms with E-state index in [9.17, 15) is 4.79 Å². The molecule has 2 aliphatic rings. The van der Waals surface area contributed by atoms with Crippen LogP contribution in [0.4, 0.5) is 0 Å². The molecule has 3 rings (SSSR count). The summed E-state index contributed by atoms with van der Waals surface area (Å²) in [6, 6.07) is 10.1. The van der Waals surface area contributed by atoms with Crippen molar-refractivity contribution >= 4 is 11.6 Å². The van der Waals surface area contributed by atoms with Gasteiger partial charge in [0, 0.05) is 25.4 Å². The van der Waals surface area contributed by atoms with E-state index in [0.29, 0.717) is 19.5 Å². The van der Waals surface area contributed by atoms with Gasteiger partial charge >= 0.3 is 0 Å². The summed E-state index contributed by atoms with van der Waals surface area (Å²) in [5.74, 6) is 0.386. The average Bonchev–Trinajstić information content (AvgIpc) is 3.29. The van der Waals surface area contributed by atoms with Crippen LogP contribution in [-0.4, -0.2) is 34.8 Å². The quantitative estimate of drug-likeness (QED) is 0.664. The summed E-state index contributed by atoms with van der Waals surface area (Å²) in [6.45, 7) is 3.33. The fraction of sp³-hybridized carbons (Fsp3) is 0.500. The normalized spacial score (nSPS) is 26.6. The van der Waals surface area contributed by atoms with Crippen LogP contribution in [0.5, 0.6) is 0 Å². The summed E-state index contributed by atoms with van der Waals surface area (Å²) in [7, 11) is 0. The highest BCUT2D eigenvalue weighted by Gasteiger charge is 2.53. The van der Waals surface area contributed by atoms with Crippen LogP contribution in [0, 0.1) is 5.92 Å². The van der Waals surface area contributed by atoms with Crippen molar-refractivity contribution in [3.8, 4) is 0 Å². The summed E-state index contributed by atoms with van der Waals surface area (Å²) in [5, 5.41) is 12.3. The first-order chi connectivity index (χ1) is 9.67. The van der Waals surface area contributed by atoms with Crippen molar-refractivity contribution in [2.24, 2.45) is 11.1 Å². The lowest BCUT2D eigenvalue weighted by molar-refractivity contribution is -0.134.